The molecule has 1 unspecified atom stereocenters. The lowest BCUT2D eigenvalue weighted by molar-refractivity contribution is -0.134. The monoisotopic (exact) mass is 368 g/mol. The number of aromatic nitrogens is 2. The van der Waals surface area contributed by atoms with Crippen LogP contribution in [0.15, 0.2) is 47.4 Å². The maximum atomic E-state index is 12.6. The van der Waals surface area contributed by atoms with E-state index >= 15 is 0 Å². The van der Waals surface area contributed by atoms with Crippen molar-refractivity contribution in [3.63, 3.8) is 0 Å². The third-order valence-electron chi connectivity index (χ3n) is 5.10. The summed E-state index contributed by atoms with van der Waals surface area (Å²) in [4.78, 5) is 29.0. The van der Waals surface area contributed by atoms with Gasteiger partial charge in [-0.2, -0.15) is 5.10 Å². The lowest BCUT2D eigenvalue weighted by atomic mass is 9.96. The maximum absolute atomic E-state index is 12.6. The Labute approximate surface area is 160 Å². The second-order valence-corrected chi connectivity index (χ2v) is 7.24. The first kappa shape index (κ1) is 19.1. The number of anilines is 1. The molecule has 1 aromatic heterocycles. The number of amides is 1. The van der Waals surface area contributed by atoms with Gasteiger partial charge < -0.3 is 9.80 Å². The van der Waals surface area contributed by atoms with Crippen molar-refractivity contribution in [1.29, 1.82) is 0 Å². The number of benzene rings is 1. The Morgan fingerprint density at radius 3 is 2.78 bits per heavy atom. The zero-order chi connectivity index (χ0) is 19.2. The van der Waals surface area contributed by atoms with E-state index in [1.165, 1.54) is 4.68 Å². The van der Waals surface area contributed by atoms with Gasteiger partial charge in [0, 0.05) is 32.7 Å². The van der Waals surface area contributed by atoms with Gasteiger partial charge >= 0.3 is 0 Å². The Hall–Kier alpha value is -2.63. The van der Waals surface area contributed by atoms with E-state index in [2.05, 4.69) is 16.9 Å². The van der Waals surface area contributed by atoms with Crippen molar-refractivity contribution >= 4 is 11.6 Å². The molecule has 3 rings (SSSR count). The van der Waals surface area contributed by atoms with Crippen molar-refractivity contribution < 1.29 is 4.79 Å². The first-order valence-corrected chi connectivity index (χ1v) is 9.69. The lowest BCUT2D eigenvalue weighted by Crippen LogP contribution is -2.44. The predicted octanol–water partition coefficient (Wildman–Crippen LogP) is 2.38. The largest absolute Gasteiger partial charge is 0.369 e. The van der Waals surface area contributed by atoms with Crippen molar-refractivity contribution in [3.05, 3.63) is 58.5 Å². The predicted molar refractivity (Wildman–Crippen MR) is 107 cm³/mol. The quantitative estimate of drug-likeness (QED) is 0.785. The fourth-order valence-corrected chi connectivity index (χ4v) is 3.64. The molecular formula is C21H28N4O2. The maximum Gasteiger partial charge on any atom is 0.269 e. The Morgan fingerprint density at radius 1 is 1.30 bits per heavy atom. The molecule has 1 atom stereocenters. The third kappa shape index (κ3) is 4.76. The third-order valence-corrected chi connectivity index (χ3v) is 5.10. The molecule has 27 heavy (non-hydrogen) atoms. The molecule has 0 saturated carbocycles. The topological polar surface area (TPSA) is 58.4 Å². The molecule has 0 bridgehead atoms. The summed E-state index contributed by atoms with van der Waals surface area (Å²) in [5, 5.41) is 4.35. The van der Waals surface area contributed by atoms with Gasteiger partial charge in [-0.05, 0) is 24.8 Å². The van der Waals surface area contributed by atoms with Crippen LogP contribution < -0.4 is 10.5 Å². The molecule has 2 heterocycles. The summed E-state index contributed by atoms with van der Waals surface area (Å²) in [5.41, 5.74) is 1.73. The van der Waals surface area contributed by atoms with Gasteiger partial charge in [-0.1, -0.05) is 37.3 Å². The molecule has 2 aromatic rings. The molecular weight excluding hydrogens is 340 g/mol. The Bertz CT molecular complexity index is 818. The molecule has 0 aliphatic carbocycles. The number of hydrogen-bond acceptors (Lipinski definition) is 4. The van der Waals surface area contributed by atoms with Crippen LogP contribution in [0.5, 0.6) is 0 Å². The van der Waals surface area contributed by atoms with Crippen LogP contribution in [0.2, 0.25) is 0 Å². The van der Waals surface area contributed by atoms with E-state index in [4.69, 9.17) is 0 Å². The summed E-state index contributed by atoms with van der Waals surface area (Å²) in [6.45, 7) is 4.82. The van der Waals surface area contributed by atoms with Gasteiger partial charge in [-0.25, -0.2) is 4.68 Å². The van der Waals surface area contributed by atoms with E-state index in [0.29, 0.717) is 13.1 Å². The summed E-state index contributed by atoms with van der Waals surface area (Å²) in [7, 11) is 1.87. The van der Waals surface area contributed by atoms with Gasteiger partial charge in [0.15, 0.2) is 0 Å². The van der Waals surface area contributed by atoms with E-state index in [9.17, 15) is 9.59 Å². The minimum absolute atomic E-state index is 0.0120. The summed E-state index contributed by atoms with van der Waals surface area (Å²) >= 11 is 0. The fourth-order valence-electron chi connectivity index (χ4n) is 3.64. The highest BCUT2D eigenvalue weighted by Crippen LogP contribution is 2.23. The van der Waals surface area contributed by atoms with Crippen LogP contribution in [-0.2, 0) is 11.3 Å². The number of carbonyl (C=O) groups is 1. The van der Waals surface area contributed by atoms with Gasteiger partial charge in [0.25, 0.3) is 5.56 Å². The van der Waals surface area contributed by atoms with Crippen LogP contribution in [0.3, 0.4) is 0 Å². The summed E-state index contributed by atoms with van der Waals surface area (Å²) in [5.74, 6) is 0.189. The average Bonchev–Trinajstić information content (AvgIpc) is 2.70. The van der Waals surface area contributed by atoms with Crippen molar-refractivity contribution in [2.75, 3.05) is 31.6 Å². The van der Waals surface area contributed by atoms with Crippen LogP contribution in [-0.4, -0.2) is 47.3 Å². The van der Waals surface area contributed by atoms with E-state index in [1.54, 1.807) is 12.3 Å². The Morgan fingerprint density at radius 2 is 2.07 bits per heavy atom. The van der Waals surface area contributed by atoms with Crippen LogP contribution in [0.1, 0.15) is 31.7 Å². The Kier molecular flexibility index (Phi) is 6.27. The summed E-state index contributed by atoms with van der Waals surface area (Å²) in [6.07, 6.45) is 4.56. The van der Waals surface area contributed by atoms with Crippen molar-refractivity contribution in [3.8, 4) is 0 Å². The first-order valence-electron chi connectivity index (χ1n) is 9.69. The van der Waals surface area contributed by atoms with Gasteiger partial charge in [0.2, 0.25) is 5.91 Å². The molecule has 6 heteroatoms. The zero-order valence-electron chi connectivity index (χ0n) is 16.2. The standard InChI is InChI=1S/C21H28N4O2/c1-3-11-23(2)21(27)18-10-7-12-24(16-18)19-13-20(26)25(22-14-19)15-17-8-5-4-6-9-17/h4-6,8-9,13-14,18H,3,7,10-12,15-16H2,1-2H3. The van der Waals surface area contributed by atoms with Crippen molar-refractivity contribution in [2.45, 2.75) is 32.7 Å². The smallest absolute Gasteiger partial charge is 0.269 e. The molecule has 6 nitrogen and oxygen atoms in total. The van der Waals surface area contributed by atoms with E-state index in [-0.39, 0.29) is 17.4 Å². The summed E-state index contributed by atoms with van der Waals surface area (Å²) < 4.78 is 1.47. The first-order chi connectivity index (χ1) is 13.1. The zero-order valence-corrected chi connectivity index (χ0v) is 16.2. The second-order valence-electron chi connectivity index (χ2n) is 7.24. The second kappa shape index (κ2) is 8.84. The van der Waals surface area contributed by atoms with E-state index < -0.39 is 0 Å². The highest BCUT2D eigenvalue weighted by atomic mass is 16.2. The molecule has 144 valence electrons. The molecule has 0 N–H and O–H groups in total. The highest BCUT2D eigenvalue weighted by molar-refractivity contribution is 5.79. The average molecular weight is 368 g/mol. The molecule has 1 aromatic carbocycles. The van der Waals surface area contributed by atoms with Crippen LogP contribution in [0.4, 0.5) is 5.69 Å². The fraction of sp³-hybridized carbons (Fsp3) is 0.476. The van der Waals surface area contributed by atoms with Gasteiger partial charge in [0.05, 0.1) is 24.3 Å². The number of hydrogen-bond donors (Lipinski definition) is 0. The Balaban J connectivity index is 1.70. The van der Waals surface area contributed by atoms with Crippen LogP contribution in [0.25, 0.3) is 0 Å². The van der Waals surface area contributed by atoms with Gasteiger partial charge in [0.1, 0.15) is 0 Å². The highest BCUT2D eigenvalue weighted by Gasteiger charge is 2.28. The van der Waals surface area contributed by atoms with Gasteiger partial charge in [-0.15, -0.1) is 0 Å². The number of piperidine rings is 1. The van der Waals surface area contributed by atoms with Crippen molar-refractivity contribution in [1.82, 2.24) is 14.7 Å². The van der Waals surface area contributed by atoms with E-state index in [1.807, 2.05) is 42.3 Å². The van der Waals surface area contributed by atoms with Crippen LogP contribution >= 0.6 is 0 Å². The number of carbonyl (C=O) groups excluding carboxylic acids is 1. The van der Waals surface area contributed by atoms with Crippen molar-refractivity contribution in [2.24, 2.45) is 5.92 Å². The van der Waals surface area contributed by atoms with E-state index in [0.717, 1.165) is 43.6 Å². The molecule has 1 fully saturated rings. The molecule has 1 amide bonds. The molecule has 0 radical (unpaired) electrons. The lowest BCUT2D eigenvalue weighted by Gasteiger charge is -2.35. The number of nitrogens with zero attached hydrogens (tertiary/aromatic N) is 4. The minimum atomic E-state index is -0.118. The summed E-state index contributed by atoms with van der Waals surface area (Å²) in [6, 6.07) is 11.5. The molecule has 1 saturated heterocycles. The van der Waals surface area contributed by atoms with Crippen LogP contribution in [0, 0.1) is 5.92 Å². The normalized spacial score (nSPS) is 17.0. The molecule has 1 aliphatic heterocycles. The van der Waals surface area contributed by atoms with Gasteiger partial charge in [-0.3, -0.25) is 9.59 Å². The molecule has 0 spiro atoms. The number of rotatable bonds is 6. The SMILES string of the molecule is CCCN(C)C(=O)C1CCCN(c2cnn(Cc3ccccc3)c(=O)c2)C1. The molecule has 1 aliphatic rings. The minimum Gasteiger partial charge on any atom is -0.369 e.